The molecule has 1 aliphatic rings. The maximum atomic E-state index is 12.3. The summed E-state index contributed by atoms with van der Waals surface area (Å²) in [5.41, 5.74) is 3.59. The highest BCUT2D eigenvalue weighted by atomic mass is 16.5. The topological polar surface area (TPSA) is 58.6 Å². The lowest BCUT2D eigenvalue weighted by Crippen LogP contribution is -2.35. The number of rotatable bonds is 6. The number of nitrogens with one attached hydrogen (secondary N) is 1. The van der Waals surface area contributed by atoms with E-state index in [4.69, 9.17) is 4.74 Å². The average Bonchev–Trinajstić information content (AvgIpc) is 2.68. The van der Waals surface area contributed by atoms with E-state index in [-0.39, 0.29) is 11.8 Å². The number of hydrogen-bond donors (Lipinski definition) is 1. The molecule has 3 rings (SSSR count). The Morgan fingerprint density at radius 1 is 1.04 bits per heavy atom. The monoisotopic (exact) mass is 352 g/mol. The predicted molar refractivity (Wildman–Crippen MR) is 101 cm³/mol. The van der Waals surface area contributed by atoms with Crippen LogP contribution >= 0.6 is 0 Å². The van der Waals surface area contributed by atoms with Crippen molar-refractivity contribution in [1.82, 2.24) is 5.32 Å². The molecule has 0 aliphatic carbocycles. The first-order valence-electron chi connectivity index (χ1n) is 8.93. The standard InChI is InChI=1S/C21H24N2O3/c1-26-15-17-7-5-16(6-8-17)14-22-21(25)18-9-11-19(12-10-18)23-13-3-2-4-20(23)24/h5-12H,2-4,13-15H2,1H3,(H,22,25). The number of carbonyl (C=O) groups is 2. The Bertz CT molecular complexity index is 754. The molecule has 5 heteroatoms. The lowest BCUT2D eigenvalue weighted by molar-refractivity contribution is -0.119. The number of anilines is 1. The molecule has 0 unspecified atom stereocenters. The van der Waals surface area contributed by atoms with Crippen LogP contribution in [0.4, 0.5) is 5.69 Å². The number of hydrogen-bond acceptors (Lipinski definition) is 3. The highest BCUT2D eigenvalue weighted by Crippen LogP contribution is 2.21. The summed E-state index contributed by atoms with van der Waals surface area (Å²) in [7, 11) is 1.67. The third-order valence-corrected chi connectivity index (χ3v) is 4.55. The van der Waals surface area contributed by atoms with Crippen LogP contribution < -0.4 is 10.2 Å². The molecule has 1 fully saturated rings. The van der Waals surface area contributed by atoms with Gasteiger partial charge in [0.25, 0.3) is 5.91 Å². The van der Waals surface area contributed by atoms with Gasteiger partial charge in [-0.05, 0) is 48.2 Å². The van der Waals surface area contributed by atoms with Crippen LogP contribution in [0.25, 0.3) is 0 Å². The molecule has 0 bridgehead atoms. The Morgan fingerprint density at radius 2 is 1.73 bits per heavy atom. The molecule has 0 saturated carbocycles. The minimum atomic E-state index is -0.123. The Hall–Kier alpha value is -2.66. The zero-order valence-corrected chi connectivity index (χ0v) is 15.0. The summed E-state index contributed by atoms with van der Waals surface area (Å²) in [4.78, 5) is 26.1. The van der Waals surface area contributed by atoms with E-state index in [1.807, 2.05) is 36.4 Å². The van der Waals surface area contributed by atoms with Gasteiger partial charge in [-0.25, -0.2) is 0 Å². The molecule has 26 heavy (non-hydrogen) atoms. The maximum Gasteiger partial charge on any atom is 0.251 e. The Balaban J connectivity index is 1.57. The third-order valence-electron chi connectivity index (χ3n) is 4.55. The van der Waals surface area contributed by atoms with E-state index in [9.17, 15) is 9.59 Å². The first-order chi connectivity index (χ1) is 12.7. The summed E-state index contributed by atoms with van der Waals surface area (Å²) in [5.74, 6) is 0.0351. The number of amides is 2. The smallest absolute Gasteiger partial charge is 0.251 e. The summed E-state index contributed by atoms with van der Waals surface area (Å²) < 4.78 is 5.09. The van der Waals surface area contributed by atoms with Crippen molar-refractivity contribution < 1.29 is 14.3 Å². The molecular formula is C21H24N2O3. The summed E-state index contributed by atoms with van der Waals surface area (Å²) in [6.45, 7) is 1.81. The van der Waals surface area contributed by atoms with Gasteiger partial charge in [0.05, 0.1) is 6.61 Å². The summed E-state index contributed by atoms with van der Waals surface area (Å²) >= 11 is 0. The molecule has 2 aromatic rings. The van der Waals surface area contributed by atoms with Gasteiger partial charge in [0.15, 0.2) is 0 Å². The molecule has 1 aliphatic heterocycles. The lowest BCUT2D eigenvalue weighted by Gasteiger charge is -2.26. The predicted octanol–water partition coefficient (Wildman–Crippen LogP) is 3.28. The second-order valence-electron chi connectivity index (χ2n) is 6.48. The van der Waals surface area contributed by atoms with Crippen LogP contribution in [0.1, 0.15) is 40.7 Å². The van der Waals surface area contributed by atoms with E-state index in [1.165, 1.54) is 0 Å². The summed E-state index contributed by atoms with van der Waals surface area (Å²) in [5, 5.41) is 2.92. The molecule has 0 atom stereocenters. The number of nitrogens with zero attached hydrogens (tertiary/aromatic N) is 1. The van der Waals surface area contributed by atoms with E-state index in [0.29, 0.717) is 25.1 Å². The number of piperidine rings is 1. The molecule has 2 amide bonds. The van der Waals surface area contributed by atoms with Crippen molar-refractivity contribution in [3.05, 3.63) is 65.2 Å². The van der Waals surface area contributed by atoms with Crippen LogP contribution in [0.5, 0.6) is 0 Å². The second-order valence-corrected chi connectivity index (χ2v) is 6.48. The van der Waals surface area contributed by atoms with Crippen molar-refractivity contribution in [2.45, 2.75) is 32.4 Å². The minimum absolute atomic E-state index is 0.123. The molecule has 0 spiro atoms. The van der Waals surface area contributed by atoms with Gasteiger partial charge < -0.3 is 15.0 Å². The number of ether oxygens (including phenoxy) is 1. The molecule has 136 valence electrons. The largest absolute Gasteiger partial charge is 0.380 e. The quantitative estimate of drug-likeness (QED) is 0.868. The fourth-order valence-corrected chi connectivity index (χ4v) is 3.08. The summed E-state index contributed by atoms with van der Waals surface area (Å²) in [6.07, 6.45) is 2.59. The SMILES string of the molecule is COCc1ccc(CNC(=O)c2ccc(N3CCCCC3=O)cc2)cc1. The van der Waals surface area contributed by atoms with Crippen LogP contribution in [0.3, 0.4) is 0 Å². The van der Waals surface area contributed by atoms with Crippen LogP contribution in [-0.4, -0.2) is 25.5 Å². The normalized spacial score (nSPS) is 14.3. The van der Waals surface area contributed by atoms with E-state index in [2.05, 4.69) is 5.32 Å². The van der Waals surface area contributed by atoms with Gasteiger partial charge in [0.2, 0.25) is 5.91 Å². The van der Waals surface area contributed by atoms with Crippen molar-refractivity contribution in [1.29, 1.82) is 0 Å². The maximum absolute atomic E-state index is 12.3. The van der Waals surface area contributed by atoms with Gasteiger partial charge in [0, 0.05) is 37.9 Å². The van der Waals surface area contributed by atoms with Crippen molar-refractivity contribution in [3.8, 4) is 0 Å². The van der Waals surface area contributed by atoms with Crippen LogP contribution in [0, 0.1) is 0 Å². The molecule has 1 saturated heterocycles. The lowest BCUT2D eigenvalue weighted by atomic mass is 10.1. The molecule has 0 aromatic heterocycles. The Morgan fingerprint density at radius 3 is 2.38 bits per heavy atom. The molecule has 0 radical (unpaired) electrons. The number of carbonyl (C=O) groups excluding carboxylic acids is 2. The van der Waals surface area contributed by atoms with Gasteiger partial charge in [0.1, 0.15) is 0 Å². The first kappa shape index (κ1) is 18.1. The molecule has 2 aromatic carbocycles. The summed E-state index contributed by atoms with van der Waals surface area (Å²) in [6, 6.07) is 15.2. The van der Waals surface area contributed by atoms with Crippen molar-refractivity contribution in [2.75, 3.05) is 18.6 Å². The van der Waals surface area contributed by atoms with Crippen molar-refractivity contribution in [2.24, 2.45) is 0 Å². The zero-order valence-electron chi connectivity index (χ0n) is 15.0. The van der Waals surface area contributed by atoms with E-state index >= 15 is 0 Å². The van der Waals surface area contributed by atoms with Gasteiger partial charge >= 0.3 is 0 Å². The number of methoxy groups -OCH3 is 1. The van der Waals surface area contributed by atoms with Gasteiger partial charge in [-0.15, -0.1) is 0 Å². The van der Waals surface area contributed by atoms with Gasteiger partial charge in [-0.1, -0.05) is 24.3 Å². The number of benzene rings is 2. The highest BCUT2D eigenvalue weighted by molar-refractivity contribution is 5.96. The fraction of sp³-hybridized carbons (Fsp3) is 0.333. The van der Waals surface area contributed by atoms with Gasteiger partial charge in [-0.3, -0.25) is 9.59 Å². The molecule has 1 heterocycles. The minimum Gasteiger partial charge on any atom is -0.380 e. The van der Waals surface area contributed by atoms with Crippen LogP contribution in [0.2, 0.25) is 0 Å². The average molecular weight is 352 g/mol. The molecule has 5 nitrogen and oxygen atoms in total. The van der Waals surface area contributed by atoms with Crippen molar-refractivity contribution >= 4 is 17.5 Å². The van der Waals surface area contributed by atoms with E-state index in [1.54, 1.807) is 24.1 Å². The third kappa shape index (κ3) is 4.49. The Labute approximate surface area is 154 Å². The molecule has 1 N–H and O–H groups in total. The van der Waals surface area contributed by atoms with Crippen LogP contribution in [0.15, 0.2) is 48.5 Å². The van der Waals surface area contributed by atoms with E-state index < -0.39 is 0 Å². The second kappa shape index (κ2) is 8.63. The van der Waals surface area contributed by atoms with Crippen LogP contribution in [-0.2, 0) is 22.7 Å². The first-order valence-corrected chi connectivity index (χ1v) is 8.93. The Kier molecular flexibility index (Phi) is 6.02. The molecular weight excluding hydrogens is 328 g/mol. The highest BCUT2D eigenvalue weighted by Gasteiger charge is 2.19. The van der Waals surface area contributed by atoms with Gasteiger partial charge in [-0.2, -0.15) is 0 Å². The van der Waals surface area contributed by atoms with Crippen molar-refractivity contribution in [3.63, 3.8) is 0 Å². The fourth-order valence-electron chi connectivity index (χ4n) is 3.08. The van der Waals surface area contributed by atoms with E-state index in [0.717, 1.165) is 36.2 Å². The zero-order chi connectivity index (χ0) is 18.4.